The topological polar surface area (TPSA) is 12.5 Å². The van der Waals surface area contributed by atoms with Crippen LogP contribution in [-0.2, 0) is 0 Å². The van der Waals surface area contributed by atoms with Gasteiger partial charge in [-0.15, -0.1) is 0 Å². The number of para-hydroxylation sites is 1. The predicted molar refractivity (Wildman–Crippen MR) is 83.1 cm³/mol. The van der Waals surface area contributed by atoms with E-state index in [2.05, 4.69) is 36.1 Å². The molecule has 1 saturated heterocycles. The summed E-state index contributed by atoms with van der Waals surface area (Å²) in [5.74, 6) is 1.97. The number of hydrogen-bond acceptors (Lipinski definition) is 2. The van der Waals surface area contributed by atoms with E-state index in [1.807, 2.05) is 6.07 Å². The van der Waals surface area contributed by atoms with E-state index in [9.17, 15) is 0 Å². The lowest BCUT2D eigenvalue weighted by molar-refractivity contribution is 0.0305. The quantitative estimate of drug-likeness (QED) is 0.800. The van der Waals surface area contributed by atoms with Crippen LogP contribution in [0.4, 0.5) is 0 Å². The maximum Gasteiger partial charge on any atom is 0.119 e. The zero-order valence-corrected chi connectivity index (χ0v) is 12.6. The Morgan fingerprint density at radius 2 is 1.90 bits per heavy atom. The van der Waals surface area contributed by atoms with Crippen molar-refractivity contribution in [3.8, 4) is 5.75 Å². The Bertz CT molecular complexity index is 401. The Morgan fingerprint density at radius 1 is 1.10 bits per heavy atom. The minimum absolute atomic E-state index is 0.290. The van der Waals surface area contributed by atoms with Gasteiger partial charge in [-0.1, -0.05) is 31.0 Å². The summed E-state index contributed by atoms with van der Waals surface area (Å²) in [6.07, 6.45) is 8.63. The Hall–Kier alpha value is -1.02. The fourth-order valence-corrected chi connectivity index (χ4v) is 3.57. The lowest BCUT2D eigenvalue weighted by Crippen LogP contribution is -2.50. The highest BCUT2D eigenvalue weighted by Gasteiger charge is 2.31. The molecule has 1 heterocycles. The van der Waals surface area contributed by atoms with E-state index in [0.717, 1.165) is 11.7 Å². The zero-order valence-electron chi connectivity index (χ0n) is 12.6. The van der Waals surface area contributed by atoms with Gasteiger partial charge in [0.25, 0.3) is 0 Å². The molecule has 2 nitrogen and oxygen atoms in total. The SMILES string of the molecule is CC(Oc1ccccc1)C1CCCCN1CC1CCC1. The van der Waals surface area contributed by atoms with Crippen molar-refractivity contribution in [2.24, 2.45) is 5.92 Å². The summed E-state index contributed by atoms with van der Waals surface area (Å²) in [7, 11) is 0. The number of rotatable bonds is 5. The molecule has 0 amide bonds. The van der Waals surface area contributed by atoms with Crippen LogP contribution in [0.25, 0.3) is 0 Å². The molecule has 0 bridgehead atoms. The molecule has 110 valence electrons. The van der Waals surface area contributed by atoms with E-state index in [1.54, 1.807) is 0 Å². The summed E-state index contributed by atoms with van der Waals surface area (Å²) in [5, 5.41) is 0. The zero-order chi connectivity index (χ0) is 13.8. The van der Waals surface area contributed by atoms with E-state index >= 15 is 0 Å². The highest BCUT2D eigenvalue weighted by Crippen LogP contribution is 2.31. The molecule has 20 heavy (non-hydrogen) atoms. The van der Waals surface area contributed by atoms with Gasteiger partial charge >= 0.3 is 0 Å². The van der Waals surface area contributed by atoms with Crippen LogP contribution in [0, 0.1) is 5.92 Å². The number of benzene rings is 1. The highest BCUT2D eigenvalue weighted by atomic mass is 16.5. The van der Waals surface area contributed by atoms with Crippen molar-refractivity contribution in [3.05, 3.63) is 30.3 Å². The minimum atomic E-state index is 0.290. The first kappa shape index (κ1) is 13.9. The number of likely N-dealkylation sites (tertiary alicyclic amines) is 1. The van der Waals surface area contributed by atoms with Gasteiger partial charge < -0.3 is 4.74 Å². The van der Waals surface area contributed by atoms with Crippen LogP contribution in [0.2, 0.25) is 0 Å². The van der Waals surface area contributed by atoms with Crippen molar-refractivity contribution < 1.29 is 4.74 Å². The lowest BCUT2D eigenvalue weighted by atomic mass is 9.84. The van der Waals surface area contributed by atoms with E-state index in [-0.39, 0.29) is 6.10 Å². The van der Waals surface area contributed by atoms with Gasteiger partial charge in [-0.2, -0.15) is 0 Å². The molecule has 2 unspecified atom stereocenters. The molecule has 0 aromatic heterocycles. The fraction of sp³-hybridized carbons (Fsp3) is 0.667. The van der Waals surface area contributed by atoms with Gasteiger partial charge in [0.1, 0.15) is 11.9 Å². The molecule has 2 aliphatic rings. The van der Waals surface area contributed by atoms with Crippen LogP contribution in [0.3, 0.4) is 0 Å². The maximum atomic E-state index is 6.18. The summed E-state index contributed by atoms with van der Waals surface area (Å²) >= 11 is 0. The third-order valence-corrected chi connectivity index (χ3v) is 4.99. The number of piperidine rings is 1. The van der Waals surface area contributed by atoms with Gasteiger partial charge in [-0.25, -0.2) is 0 Å². The Balaban J connectivity index is 1.59. The third kappa shape index (κ3) is 3.35. The number of ether oxygens (including phenoxy) is 1. The van der Waals surface area contributed by atoms with Crippen molar-refractivity contribution in [2.45, 2.75) is 57.6 Å². The van der Waals surface area contributed by atoms with Crippen LogP contribution in [-0.4, -0.2) is 30.1 Å². The Kier molecular flexibility index (Phi) is 4.62. The molecule has 2 atom stereocenters. The predicted octanol–water partition coefficient (Wildman–Crippen LogP) is 4.11. The lowest BCUT2D eigenvalue weighted by Gasteiger charge is -2.42. The molecule has 1 aliphatic carbocycles. The van der Waals surface area contributed by atoms with E-state index in [1.165, 1.54) is 51.6 Å². The smallest absolute Gasteiger partial charge is 0.119 e. The molecule has 1 aliphatic heterocycles. The van der Waals surface area contributed by atoms with Crippen LogP contribution in [0.1, 0.15) is 45.4 Å². The summed E-state index contributed by atoms with van der Waals surface area (Å²) in [4.78, 5) is 2.71. The van der Waals surface area contributed by atoms with Crippen LogP contribution in [0.5, 0.6) is 5.75 Å². The van der Waals surface area contributed by atoms with Gasteiger partial charge in [0.05, 0.1) is 0 Å². The molecule has 0 N–H and O–H groups in total. The normalized spacial score (nSPS) is 25.9. The molecule has 1 aromatic carbocycles. The van der Waals surface area contributed by atoms with Crippen molar-refractivity contribution >= 4 is 0 Å². The highest BCUT2D eigenvalue weighted by molar-refractivity contribution is 5.21. The van der Waals surface area contributed by atoms with Crippen molar-refractivity contribution in [1.82, 2.24) is 4.90 Å². The van der Waals surface area contributed by atoms with E-state index in [0.29, 0.717) is 6.04 Å². The summed E-state index contributed by atoms with van der Waals surface area (Å²) < 4.78 is 6.18. The second-order valence-corrected chi connectivity index (χ2v) is 6.49. The molecule has 3 rings (SSSR count). The first-order valence-corrected chi connectivity index (χ1v) is 8.28. The molecule has 2 heteroatoms. The molecule has 2 fully saturated rings. The summed E-state index contributed by atoms with van der Waals surface area (Å²) in [6, 6.07) is 10.9. The molecular weight excluding hydrogens is 246 g/mol. The molecule has 0 spiro atoms. The average Bonchev–Trinajstić information content (AvgIpc) is 2.44. The van der Waals surface area contributed by atoms with Crippen LogP contribution >= 0.6 is 0 Å². The second-order valence-electron chi connectivity index (χ2n) is 6.49. The van der Waals surface area contributed by atoms with Crippen molar-refractivity contribution in [2.75, 3.05) is 13.1 Å². The average molecular weight is 273 g/mol. The third-order valence-electron chi connectivity index (χ3n) is 4.99. The fourth-order valence-electron chi connectivity index (χ4n) is 3.57. The summed E-state index contributed by atoms with van der Waals surface area (Å²) in [6.45, 7) is 4.81. The maximum absolute atomic E-state index is 6.18. The number of nitrogens with zero attached hydrogens (tertiary/aromatic N) is 1. The monoisotopic (exact) mass is 273 g/mol. The van der Waals surface area contributed by atoms with Gasteiger partial charge in [0, 0.05) is 12.6 Å². The van der Waals surface area contributed by atoms with Crippen molar-refractivity contribution in [1.29, 1.82) is 0 Å². The molecule has 0 radical (unpaired) electrons. The van der Waals surface area contributed by atoms with E-state index in [4.69, 9.17) is 4.74 Å². The first-order chi connectivity index (χ1) is 9.83. The van der Waals surface area contributed by atoms with Gasteiger partial charge in [0.2, 0.25) is 0 Å². The standard InChI is InChI=1S/C18H27NO/c1-15(20-17-10-3-2-4-11-17)18-12-5-6-13-19(18)14-16-8-7-9-16/h2-4,10-11,15-16,18H,5-9,12-14H2,1H3. The first-order valence-electron chi connectivity index (χ1n) is 8.28. The Labute approximate surface area is 123 Å². The van der Waals surface area contributed by atoms with Crippen molar-refractivity contribution in [3.63, 3.8) is 0 Å². The van der Waals surface area contributed by atoms with Gasteiger partial charge in [-0.3, -0.25) is 4.90 Å². The minimum Gasteiger partial charge on any atom is -0.489 e. The van der Waals surface area contributed by atoms with Crippen LogP contribution < -0.4 is 4.74 Å². The van der Waals surface area contributed by atoms with Gasteiger partial charge in [0.15, 0.2) is 0 Å². The van der Waals surface area contributed by atoms with Crippen LogP contribution in [0.15, 0.2) is 30.3 Å². The largest absolute Gasteiger partial charge is 0.489 e. The Morgan fingerprint density at radius 3 is 2.60 bits per heavy atom. The molecular formula is C18H27NO. The second kappa shape index (κ2) is 6.62. The molecule has 1 saturated carbocycles. The summed E-state index contributed by atoms with van der Waals surface area (Å²) in [5.41, 5.74) is 0. The van der Waals surface area contributed by atoms with E-state index < -0.39 is 0 Å². The number of hydrogen-bond donors (Lipinski definition) is 0. The van der Waals surface area contributed by atoms with Gasteiger partial charge in [-0.05, 0) is 57.2 Å². The molecule has 1 aromatic rings.